The minimum Gasteiger partial charge on any atom is -0.448 e. The molecule has 1 atom stereocenters. The molecule has 0 bridgehead atoms. The minimum atomic E-state index is -0.292. The third-order valence-corrected chi connectivity index (χ3v) is 2.32. The van der Waals surface area contributed by atoms with Gasteiger partial charge >= 0.3 is 6.09 Å². The van der Waals surface area contributed by atoms with E-state index in [4.69, 9.17) is 4.74 Å². The van der Waals surface area contributed by atoms with Crippen molar-refractivity contribution in [3.63, 3.8) is 0 Å². The van der Waals surface area contributed by atoms with Crippen LogP contribution in [0.15, 0.2) is 0 Å². The molecule has 0 fully saturated rings. The lowest BCUT2D eigenvalue weighted by molar-refractivity contribution is 0.0837. The summed E-state index contributed by atoms with van der Waals surface area (Å²) in [6.07, 6.45) is -0.292. The molecule has 0 radical (unpaired) electrons. The lowest BCUT2D eigenvalue weighted by Gasteiger charge is -2.33. The molecule has 4 nitrogen and oxygen atoms in total. The van der Waals surface area contributed by atoms with Crippen LogP contribution in [0.5, 0.6) is 0 Å². The third-order valence-electron chi connectivity index (χ3n) is 2.32. The molecule has 0 saturated heterocycles. The summed E-state index contributed by atoms with van der Waals surface area (Å²) in [5.41, 5.74) is 0.0663. The Balaban J connectivity index is 4.29. The maximum absolute atomic E-state index is 11.3. The van der Waals surface area contributed by atoms with Gasteiger partial charge in [0.25, 0.3) is 0 Å². The summed E-state index contributed by atoms with van der Waals surface area (Å²) in [7, 11) is 3.37. The highest BCUT2D eigenvalue weighted by Gasteiger charge is 2.26. The van der Waals surface area contributed by atoms with E-state index in [1.807, 2.05) is 0 Å². The van der Waals surface area contributed by atoms with Gasteiger partial charge in [0.05, 0.1) is 0 Å². The molecule has 0 aromatic rings. The second kappa shape index (κ2) is 6.09. The van der Waals surface area contributed by atoms with Gasteiger partial charge in [-0.3, -0.25) is 0 Å². The highest BCUT2D eigenvalue weighted by molar-refractivity contribution is 5.66. The molecule has 0 heterocycles. The third kappa shape index (κ3) is 5.95. The van der Waals surface area contributed by atoms with E-state index in [0.717, 1.165) is 0 Å². The second-order valence-electron chi connectivity index (χ2n) is 5.71. The number of carbonyl (C=O) groups excluding carboxylic acids is 1. The van der Waals surface area contributed by atoms with Gasteiger partial charge in [0.15, 0.2) is 0 Å². The molecule has 0 aliphatic heterocycles. The normalized spacial score (nSPS) is 13.8. The largest absolute Gasteiger partial charge is 0.448 e. The molecule has 0 aromatic heterocycles. The van der Waals surface area contributed by atoms with E-state index in [1.54, 1.807) is 14.1 Å². The Bertz CT molecular complexity index is 220. The number of hydrogen-bond donors (Lipinski definition) is 1. The monoisotopic (exact) mass is 230 g/mol. The molecule has 0 spiro atoms. The van der Waals surface area contributed by atoms with Gasteiger partial charge in [0, 0.05) is 26.2 Å². The van der Waals surface area contributed by atoms with Crippen molar-refractivity contribution in [2.75, 3.05) is 20.7 Å². The number of rotatable bonds is 4. The summed E-state index contributed by atoms with van der Waals surface area (Å²) in [5, 5.41) is 3.42. The number of nitrogens with zero attached hydrogens (tertiary/aromatic N) is 1. The Morgan fingerprint density at radius 1 is 1.31 bits per heavy atom. The SMILES string of the molecule is CC(C)N[C@H](COC(=O)N(C)C)C(C)(C)C. The van der Waals surface area contributed by atoms with Crippen molar-refractivity contribution in [1.82, 2.24) is 10.2 Å². The Hall–Kier alpha value is -0.770. The molecule has 96 valence electrons. The van der Waals surface area contributed by atoms with Gasteiger partial charge in [-0.05, 0) is 5.41 Å². The summed E-state index contributed by atoms with van der Waals surface area (Å²) >= 11 is 0. The van der Waals surface area contributed by atoms with Crippen molar-refractivity contribution < 1.29 is 9.53 Å². The first-order valence-electron chi connectivity index (χ1n) is 5.74. The van der Waals surface area contributed by atoms with Crippen LogP contribution in [-0.2, 0) is 4.74 Å². The zero-order chi connectivity index (χ0) is 12.9. The van der Waals surface area contributed by atoms with Crippen molar-refractivity contribution in [1.29, 1.82) is 0 Å². The van der Waals surface area contributed by atoms with Crippen molar-refractivity contribution in [3.05, 3.63) is 0 Å². The maximum Gasteiger partial charge on any atom is 0.409 e. The van der Waals surface area contributed by atoms with E-state index in [2.05, 4.69) is 39.9 Å². The zero-order valence-electron chi connectivity index (χ0n) is 11.6. The van der Waals surface area contributed by atoms with Crippen molar-refractivity contribution in [2.45, 2.75) is 46.7 Å². The van der Waals surface area contributed by atoms with Gasteiger partial charge < -0.3 is 15.0 Å². The number of nitrogens with one attached hydrogen (secondary N) is 1. The first kappa shape index (κ1) is 15.2. The smallest absolute Gasteiger partial charge is 0.409 e. The van der Waals surface area contributed by atoms with Crippen LogP contribution in [0.25, 0.3) is 0 Å². The predicted octanol–water partition coefficient (Wildman–Crippen LogP) is 2.10. The quantitative estimate of drug-likeness (QED) is 0.804. The molecule has 0 aliphatic carbocycles. The number of carbonyl (C=O) groups is 1. The molecule has 0 unspecified atom stereocenters. The standard InChI is InChI=1S/C12H26N2O2/c1-9(2)13-10(12(3,4)5)8-16-11(15)14(6)7/h9-10,13H,8H2,1-7H3/t10-/m1/s1. The Morgan fingerprint density at radius 3 is 2.12 bits per heavy atom. The van der Waals surface area contributed by atoms with Crippen molar-refractivity contribution in [2.24, 2.45) is 5.41 Å². The molecule has 0 saturated carbocycles. The van der Waals surface area contributed by atoms with Gasteiger partial charge in [-0.15, -0.1) is 0 Å². The summed E-state index contributed by atoms with van der Waals surface area (Å²) in [5.74, 6) is 0. The van der Waals surface area contributed by atoms with Gasteiger partial charge in [0.2, 0.25) is 0 Å². The second-order valence-corrected chi connectivity index (χ2v) is 5.71. The van der Waals surface area contributed by atoms with Gasteiger partial charge in [-0.1, -0.05) is 34.6 Å². The van der Waals surface area contributed by atoms with Crippen LogP contribution >= 0.6 is 0 Å². The van der Waals surface area contributed by atoms with Crippen molar-refractivity contribution in [3.8, 4) is 0 Å². The van der Waals surface area contributed by atoms with Crippen LogP contribution in [0.4, 0.5) is 4.79 Å². The fraction of sp³-hybridized carbons (Fsp3) is 0.917. The minimum absolute atomic E-state index is 0.0663. The molecule has 0 rings (SSSR count). The first-order chi connectivity index (χ1) is 7.14. The Kier molecular flexibility index (Phi) is 5.79. The molecule has 0 aliphatic rings. The van der Waals surface area contributed by atoms with Crippen LogP contribution in [0.2, 0.25) is 0 Å². The van der Waals surface area contributed by atoms with Crippen LogP contribution in [0.1, 0.15) is 34.6 Å². The van der Waals surface area contributed by atoms with Gasteiger partial charge in [-0.2, -0.15) is 0 Å². The fourth-order valence-corrected chi connectivity index (χ4v) is 1.23. The zero-order valence-corrected chi connectivity index (χ0v) is 11.6. The predicted molar refractivity (Wildman–Crippen MR) is 66.5 cm³/mol. The summed E-state index contributed by atoms with van der Waals surface area (Å²) in [4.78, 5) is 12.8. The van der Waals surface area contributed by atoms with E-state index in [9.17, 15) is 4.79 Å². The molecule has 0 aromatic carbocycles. The number of hydrogen-bond acceptors (Lipinski definition) is 3. The fourth-order valence-electron chi connectivity index (χ4n) is 1.23. The van der Waals surface area contributed by atoms with E-state index < -0.39 is 0 Å². The Morgan fingerprint density at radius 2 is 1.81 bits per heavy atom. The average Bonchev–Trinajstić information content (AvgIpc) is 2.08. The topological polar surface area (TPSA) is 41.6 Å². The van der Waals surface area contributed by atoms with Crippen LogP contribution in [-0.4, -0.2) is 43.8 Å². The van der Waals surface area contributed by atoms with Crippen LogP contribution in [0, 0.1) is 5.41 Å². The molecular weight excluding hydrogens is 204 g/mol. The summed E-state index contributed by atoms with van der Waals surface area (Å²) in [6, 6.07) is 0.540. The highest BCUT2D eigenvalue weighted by atomic mass is 16.6. The molecule has 16 heavy (non-hydrogen) atoms. The molecule has 1 N–H and O–H groups in total. The Labute approximate surface area is 99.3 Å². The lowest BCUT2D eigenvalue weighted by atomic mass is 9.87. The first-order valence-corrected chi connectivity index (χ1v) is 5.74. The summed E-state index contributed by atoms with van der Waals surface area (Å²) in [6.45, 7) is 11.0. The lowest BCUT2D eigenvalue weighted by Crippen LogP contribution is -2.47. The van der Waals surface area contributed by atoms with Crippen LogP contribution in [0.3, 0.4) is 0 Å². The number of amides is 1. The molecule has 4 heteroatoms. The van der Waals surface area contributed by atoms with E-state index in [-0.39, 0.29) is 17.6 Å². The molecular formula is C12H26N2O2. The number of ether oxygens (including phenoxy) is 1. The van der Waals surface area contributed by atoms with Crippen LogP contribution < -0.4 is 5.32 Å². The van der Waals surface area contributed by atoms with Gasteiger partial charge in [0.1, 0.15) is 6.61 Å². The molecule has 1 amide bonds. The average molecular weight is 230 g/mol. The van der Waals surface area contributed by atoms with E-state index >= 15 is 0 Å². The van der Waals surface area contributed by atoms with Crippen molar-refractivity contribution >= 4 is 6.09 Å². The van der Waals surface area contributed by atoms with E-state index in [0.29, 0.717) is 12.6 Å². The highest BCUT2D eigenvalue weighted by Crippen LogP contribution is 2.20. The van der Waals surface area contributed by atoms with Gasteiger partial charge in [-0.25, -0.2) is 4.79 Å². The summed E-state index contributed by atoms with van der Waals surface area (Å²) < 4.78 is 5.22. The maximum atomic E-state index is 11.3. The van der Waals surface area contributed by atoms with E-state index in [1.165, 1.54) is 4.90 Å².